The van der Waals surface area contributed by atoms with Crippen molar-refractivity contribution in [1.82, 2.24) is 30.2 Å². The summed E-state index contributed by atoms with van der Waals surface area (Å²) in [5.41, 5.74) is 7.71. The van der Waals surface area contributed by atoms with Crippen molar-refractivity contribution in [2.24, 2.45) is 17.6 Å². The molecule has 68 heavy (non-hydrogen) atoms. The number of Topliss-reactive ketones (excluding diaryl/α,β-unsaturated/α-hetero) is 1. The summed E-state index contributed by atoms with van der Waals surface area (Å²) < 4.78 is 39.1. The smallest absolute Gasteiger partial charge is 0.394 e. The van der Waals surface area contributed by atoms with Crippen molar-refractivity contribution in [2.45, 2.75) is 97.4 Å². The van der Waals surface area contributed by atoms with Crippen molar-refractivity contribution in [3.05, 3.63) is 117 Å². The number of aromatic carboxylic acids is 1. The average Bonchev–Trinajstić information content (AvgIpc) is 4.21. The highest BCUT2D eigenvalue weighted by Crippen LogP contribution is 2.35. The van der Waals surface area contributed by atoms with Crippen LogP contribution in [0.2, 0.25) is 10.0 Å². The van der Waals surface area contributed by atoms with Gasteiger partial charge < -0.3 is 30.5 Å². The number of nitrogens with one attached hydrogen (secondary N) is 2. The Morgan fingerprint density at radius 2 is 1.24 bits per heavy atom. The van der Waals surface area contributed by atoms with Crippen LogP contribution >= 0.6 is 35.6 Å². The van der Waals surface area contributed by atoms with Gasteiger partial charge in [-0.2, -0.15) is 9.97 Å². The van der Waals surface area contributed by atoms with Crippen LogP contribution in [-0.2, 0) is 33.4 Å². The van der Waals surface area contributed by atoms with E-state index in [-0.39, 0.29) is 99.4 Å². The molecule has 4 aromatic heterocycles. The lowest BCUT2D eigenvalue weighted by Crippen LogP contribution is -2.14. The number of halogens is 5. The number of hydrogen-bond acceptors (Lipinski definition) is 13. The number of nitrogens with zero attached hydrogens (tertiary/aromatic N) is 6. The van der Waals surface area contributed by atoms with Crippen LogP contribution in [0, 0.1) is 23.5 Å². The Bertz CT molecular complexity index is 2800. The normalized spacial score (nSPS) is 13.2. The van der Waals surface area contributed by atoms with Crippen molar-refractivity contribution in [3.8, 4) is 22.3 Å². The molecule has 8 rings (SSSR count). The molecule has 2 saturated carbocycles. The van der Waals surface area contributed by atoms with Crippen LogP contribution in [0.3, 0.4) is 0 Å². The van der Waals surface area contributed by atoms with Gasteiger partial charge in [0.15, 0.2) is 5.82 Å². The SMILES string of the molecule is CC(C)(C)c1nc(C(=O)CCc2ccc(-c3ccnc(NC(=O)C4CC4)c3)c(F)c2Cl)no1.CC(C)(C)c1noc(C(=O)O)n1.Cl.NCc1ccc(-c2ccnc(NC(=O)C3CC3)c2)c(F)c1Cl. The number of hydrogen-bond donors (Lipinski definition) is 4. The standard InChI is InChI=1S/C24H24ClFN4O3.C16H15ClFN3O.C7H10N2O3.ClH/c1-24(2,3)23-29-21(30-33-23)17(31)9-7-13-6-8-16(20(26)19(13)25)15-10-11-27-18(12-15)28-22(32)14-4-5-14;17-14-11(8-19)3-4-12(15(14)18)10-5-6-20-13(7-10)21-16(22)9-1-2-9;1-7(2,3)6-8-4(5(10)11)12-9-6;/h6,8,10-12,14H,4-5,7,9H2,1-3H3,(H,27,28,32);3-7,9H,1-2,8,19H2,(H,20,21,22);1-3H3,(H,10,11);1H. The van der Waals surface area contributed by atoms with Crippen LogP contribution in [0.25, 0.3) is 22.3 Å². The van der Waals surface area contributed by atoms with Crippen LogP contribution in [0.1, 0.15) is 118 Å². The molecule has 0 radical (unpaired) electrons. The average molecular weight is 997 g/mol. The second-order valence-corrected chi connectivity index (χ2v) is 18.7. The summed E-state index contributed by atoms with van der Waals surface area (Å²) in [7, 11) is 0. The monoisotopic (exact) mass is 995 g/mol. The minimum atomic E-state index is -1.20. The maximum atomic E-state index is 15.1. The number of carboxylic acids is 1. The van der Waals surface area contributed by atoms with Gasteiger partial charge in [-0.05, 0) is 78.6 Å². The molecule has 2 fully saturated rings. The number of rotatable bonds is 12. The predicted octanol–water partition coefficient (Wildman–Crippen LogP) is 10.2. The molecule has 0 spiro atoms. The molecular weight excluding hydrogens is 947 g/mol. The van der Waals surface area contributed by atoms with Gasteiger partial charge in [-0.1, -0.05) is 99.3 Å². The van der Waals surface area contributed by atoms with Crippen LogP contribution in [0.5, 0.6) is 0 Å². The molecule has 0 bridgehead atoms. The second kappa shape index (κ2) is 22.3. The Morgan fingerprint density at radius 3 is 1.65 bits per heavy atom. The number of carbonyl (C=O) groups excluding carboxylic acids is 3. The molecule has 0 unspecified atom stereocenters. The van der Waals surface area contributed by atoms with Crippen molar-refractivity contribution in [1.29, 1.82) is 0 Å². The molecule has 0 aliphatic heterocycles. The summed E-state index contributed by atoms with van der Waals surface area (Å²) in [5.74, 6) is -1.41. The van der Waals surface area contributed by atoms with Crippen molar-refractivity contribution < 1.29 is 42.1 Å². The summed E-state index contributed by atoms with van der Waals surface area (Å²) >= 11 is 12.3. The highest BCUT2D eigenvalue weighted by molar-refractivity contribution is 6.32. The quantitative estimate of drug-likeness (QED) is 0.0834. The van der Waals surface area contributed by atoms with Gasteiger partial charge >= 0.3 is 11.9 Å². The number of ketones is 1. The van der Waals surface area contributed by atoms with E-state index in [4.69, 9.17) is 38.6 Å². The van der Waals surface area contributed by atoms with E-state index in [0.717, 1.165) is 25.7 Å². The predicted molar refractivity (Wildman–Crippen MR) is 253 cm³/mol. The Labute approximate surface area is 406 Å². The lowest BCUT2D eigenvalue weighted by atomic mass is 9.96. The number of nitrogens with two attached hydrogens (primary N) is 1. The maximum absolute atomic E-state index is 15.1. The molecule has 2 aromatic carbocycles. The third-order valence-electron chi connectivity index (χ3n) is 10.3. The number of anilines is 2. The van der Waals surface area contributed by atoms with Crippen LogP contribution in [0.15, 0.2) is 70.0 Å². The van der Waals surface area contributed by atoms with Gasteiger partial charge in [-0.3, -0.25) is 14.4 Å². The molecule has 5 N–H and O–H groups in total. The minimum Gasteiger partial charge on any atom is -0.474 e. The zero-order chi connectivity index (χ0) is 48.8. The number of benzene rings is 2. The number of carbonyl (C=O) groups is 4. The Morgan fingerprint density at radius 1 is 0.735 bits per heavy atom. The Balaban J connectivity index is 0.000000212. The fourth-order valence-electron chi connectivity index (χ4n) is 6.07. The third kappa shape index (κ3) is 13.7. The molecular formula is C47H50Cl3F2N9O7. The molecule has 16 nitrogen and oxygen atoms in total. The minimum absolute atomic E-state index is 0. The third-order valence-corrected chi connectivity index (χ3v) is 11.1. The first-order valence-corrected chi connectivity index (χ1v) is 22.0. The van der Waals surface area contributed by atoms with Gasteiger partial charge in [-0.15, -0.1) is 12.4 Å². The van der Waals surface area contributed by atoms with E-state index in [1.165, 1.54) is 12.4 Å². The Kier molecular flexibility index (Phi) is 17.3. The summed E-state index contributed by atoms with van der Waals surface area (Å²) in [6, 6.07) is 13.2. The van der Waals surface area contributed by atoms with Gasteiger partial charge in [0, 0.05) is 59.2 Å². The summed E-state index contributed by atoms with van der Waals surface area (Å²) in [6.07, 6.45) is 6.92. The first-order chi connectivity index (χ1) is 31.6. The van der Waals surface area contributed by atoms with Gasteiger partial charge in [0.25, 0.3) is 0 Å². The molecule has 2 aliphatic carbocycles. The number of carboxylic acid groups (broad SMARTS) is 1. The van der Waals surface area contributed by atoms with E-state index in [0.29, 0.717) is 51.2 Å². The number of aryl methyl sites for hydroxylation is 1. The summed E-state index contributed by atoms with van der Waals surface area (Å²) in [6.45, 7) is 11.5. The van der Waals surface area contributed by atoms with E-state index < -0.39 is 17.6 Å². The molecule has 21 heteroatoms. The van der Waals surface area contributed by atoms with E-state index in [1.54, 1.807) is 48.5 Å². The lowest BCUT2D eigenvalue weighted by Gasteiger charge is -2.11. The zero-order valence-electron chi connectivity index (χ0n) is 38.0. The molecule has 4 heterocycles. The van der Waals surface area contributed by atoms with Crippen molar-refractivity contribution in [2.75, 3.05) is 10.6 Å². The van der Waals surface area contributed by atoms with E-state index in [9.17, 15) is 23.6 Å². The highest BCUT2D eigenvalue weighted by Gasteiger charge is 2.31. The molecule has 0 atom stereocenters. The molecule has 6 aromatic rings. The fraction of sp³-hybridized carbons (Fsp3) is 0.362. The van der Waals surface area contributed by atoms with Gasteiger partial charge in [-0.25, -0.2) is 23.5 Å². The number of aromatic nitrogens is 6. The first kappa shape index (κ1) is 52.8. The topological polar surface area (TPSA) is 242 Å². The van der Waals surface area contributed by atoms with Crippen LogP contribution < -0.4 is 16.4 Å². The Hall–Kier alpha value is -6.21. The molecule has 360 valence electrons. The van der Waals surface area contributed by atoms with Gasteiger partial charge in [0.1, 0.15) is 23.3 Å². The van der Waals surface area contributed by atoms with Crippen LogP contribution in [-0.4, -0.2) is 58.9 Å². The van der Waals surface area contributed by atoms with Gasteiger partial charge in [0.2, 0.25) is 29.3 Å². The maximum Gasteiger partial charge on any atom is 0.394 e. The van der Waals surface area contributed by atoms with Crippen LogP contribution in [0.4, 0.5) is 20.4 Å². The summed E-state index contributed by atoms with van der Waals surface area (Å²) in [4.78, 5) is 62.6. The fourth-order valence-corrected chi connectivity index (χ4v) is 6.57. The molecule has 0 saturated heterocycles. The molecule has 2 aliphatic rings. The van der Waals surface area contributed by atoms with E-state index in [1.807, 2.05) is 41.5 Å². The van der Waals surface area contributed by atoms with Crippen molar-refractivity contribution >= 4 is 70.8 Å². The van der Waals surface area contributed by atoms with Crippen molar-refractivity contribution in [3.63, 3.8) is 0 Å². The van der Waals surface area contributed by atoms with E-state index in [2.05, 4.69) is 45.4 Å². The lowest BCUT2D eigenvalue weighted by molar-refractivity contribution is -0.118. The molecule has 2 amide bonds. The number of pyridine rings is 2. The van der Waals surface area contributed by atoms with Gasteiger partial charge in [0.05, 0.1) is 10.0 Å². The zero-order valence-corrected chi connectivity index (χ0v) is 40.3. The number of amides is 2. The largest absolute Gasteiger partial charge is 0.474 e. The second-order valence-electron chi connectivity index (χ2n) is 18.0. The first-order valence-electron chi connectivity index (χ1n) is 21.3. The highest BCUT2D eigenvalue weighted by atomic mass is 35.5. The summed E-state index contributed by atoms with van der Waals surface area (Å²) in [5, 5.41) is 21.2. The van der Waals surface area contributed by atoms with E-state index >= 15 is 4.39 Å².